The number of thiazole rings is 1. The lowest BCUT2D eigenvalue weighted by Crippen LogP contribution is -2.36. The van der Waals surface area contributed by atoms with Crippen LogP contribution in [0.3, 0.4) is 0 Å². The third-order valence-electron chi connectivity index (χ3n) is 7.28. The summed E-state index contributed by atoms with van der Waals surface area (Å²) in [5.74, 6) is -1.34. The van der Waals surface area contributed by atoms with E-state index < -0.39 is 11.7 Å². The fraction of sp³-hybridized carbons (Fsp3) is 0.312. The quantitative estimate of drug-likeness (QED) is 0.317. The molecule has 3 amide bonds. The number of para-hydroxylation sites is 1. The first kappa shape index (κ1) is 29.2. The number of nitrogens with one attached hydrogen (secondary N) is 2. The van der Waals surface area contributed by atoms with Crippen molar-refractivity contribution in [3.8, 4) is 16.9 Å². The minimum Gasteiger partial charge on any atom is -0.507 e. The number of phenolic OH excluding ortho intramolecular Hbond substituents is 1. The van der Waals surface area contributed by atoms with E-state index >= 15 is 0 Å². The van der Waals surface area contributed by atoms with Gasteiger partial charge in [0, 0.05) is 51.0 Å². The Morgan fingerprint density at radius 3 is 2.64 bits per heavy atom. The van der Waals surface area contributed by atoms with Crippen LogP contribution in [0.25, 0.3) is 21.3 Å². The van der Waals surface area contributed by atoms with Gasteiger partial charge in [0.25, 0.3) is 5.91 Å². The third-order valence-corrected chi connectivity index (χ3v) is 8.38. The van der Waals surface area contributed by atoms with Gasteiger partial charge in [0.15, 0.2) is 0 Å². The topological polar surface area (TPSA) is 112 Å². The smallest absolute Gasteiger partial charge is 0.254 e. The molecule has 3 aromatic carbocycles. The van der Waals surface area contributed by atoms with Crippen LogP contribution in [0.1, 0.15) is 46.6 Å². The Kier molecular flexibility index (Phi) is 9.43. The molecule has 0 aliphatic carbocycles. The van der Waals surface area contributed by atoms with E-state index in [-0.39, 0.29) is 36.1 Å². The Balaban J connectivity index is 1.28. The molecular weight excluding hydrogens is 555 g/mol. The van der Waals surface area contributed by atoms with Crippen molar-refractivity contribution in [2.24, 2.45) is 0 Å². The van der Waals surface area contributed by atoms with E-state index in [1.807, 2.05) is 24.3 Å². The molecule has 1 aliphatic heterocycles. The van der Waals surface area contributed by atoms with Crippen molar-refractivity contribution in [2.75, 3.05) is 26.2 Å². The Morgan fingerprint density at radius 1 is 0.952 bits per heavy atom. The predicted octanol–water partition coefficient (Wildman–Crippen LogP) is 4.84. The summed E-state index contributed by atoms with van der Waals surface area (Å²) in [6.45, 7) is 1.46. The maximum absolute atomic E-state index is 14.6. The zero-order valence-corrected chi connectivity index (χ0v) is 24.0. The predicted molar refractivity (Wildman–Crippen MR) is 161 cm³/mol. The average Bonchev–Trinajstić information content (AvgIpc) is 3.41. The molecule has 10 heteroatoms. The second-order valence-electron chi connectivity index (χ2n) is 10.3. The van der Waals surface area contributed by atoms with Crippen LogP contribution in [-0.2, 0) is 22.4 Å². The van der Waals surface area contributed by atoms with Gasteiger partial charge < -0.3 is 20.6 Å². The van der Waals surface area contributed by atoms with Crippen molar-refractivity contribution in [1.82, 2.24) is 20.5 Å². The lowest BCUT2D eigenvalue weighted by atomic mass is 9.98. The number of halogens is 1. The number of aromatic nitrogens is 1. The molecule has 218 valence electrons. The van der Waals surface area contributed by atoms with Crippen molar-refractivity contribution in [2.45, 2.75) is 38.5 Å². The molecule has 0 unspecified atom stereocenters. The van der Waals surface area contributed by atoms with Crippen molar-refractivity contribution in [3.63, 3.8) is 0 Å². The standard InChI is InChI=1S/C32H33FN4O4S/c33-25-10-9-22-20-24(25)32(41)35-15-4-18-37(31(40)13-12-30-36-26-5-1-2-6-28(26)42-30)17-3-7-29(39)34-16-14-21-8-11-27(38)23(22)19-21/h1-2,5-6,8-11,19-20,38H,3-4,7,12-18H2,(H,34,39)(H,35,41). The number of benzene rings is 3. The normalized spacial score (nSPS) is 15.3. The van der Waals surface area contributed by atoms with Crippen LogP contribution in [0, 0.1) is 5.82 Å². The molecule has 4 aromatic rings. The summed E-state index contributed by atoms with van der Waals surface area (Å²) >= 11 is 1.58. The summed E-state index contributed by atoms with van der Waals surface area (Å²) in [6.07, 6.45) is 2.61. The van der Waals surface area contributed by atoms with E-state index in [4.69, 9.17) is 0 Å². The summed E-state index contributed by atoms with van der Waals surface area (Å²) in [5, 5.41) is 17.0. The van der Waals surface area contributed by atoms with Gasteiger partial charge in [-0.2, -0.15) is 0 Å². The summed E-state index contributed by atoms with van der Waals surface area (Å²) in [7, 11) is 0. The molecule has 2 heterocycles. The summed E-state index contributed by atoms with van der Waals surface area (Å²) < 4.78 is 15.7. The molecule has 0 saturated heterocycles. The number of rotatable bonds is 3. The number of amides is 3. The maximum Gasteiger partial charge on any atom is 0.254 e. The molecular formula is C32H33FN4O4S. The second-order valence-corrected chi connectivity index (χ2v) is 11.4. The number of phenols is 1. The molecule has 1 aromatic heterocycles. The number of fused-ring (bicyclic) bond motifs is 6. The number of aromatic hydroxyl groups is 1. The maximum atomic E-state index is 14.6. The first-order valence-electron chi connectivity index (χ1n) is 14.2. The highest BCUT2D eigenvalue weighted by Crippen LogP contribution is 2.31. The fourth-order valence-corrected chi connectivity index (χ4v) is 6.00. The number of aryl methyl sites for hydroxylation is 1. The molecule has 3 N–H and O–H groups in total. The molecule has 1 aliphatic rings. The first-order valence-corrected chi connectivity index (χ1v) is 15.0. The van der Waals surface area contributed by atoms with E-state index in [2.05, 4.69) is 15.6 Å². The van der Waals surface area contributed by atoms with Crippen LogP contribution >= 0.6 is 11.3 Å². The van der Waals surface area contributed by atoms with Gasteiger partial charge in [-0.3, -0.25) is 14.4 Å². The van der Waals surface area contributed by atoms with Crippen molar-refractivity contribution >= 4 is 39.3 Å². The van der Waals surface area contributed by atoms with Crippen molar-refractivity contribution < 1.29 is 23.9 Å². The molecule has 5 rings (SSSR count). The molecule has 4 bridgehead atoms. The highest BCUT2D eigenvalue weighted by Gasteiger charge is 2.18. The molecule has 0 atom stereocenters. The molecule has 42 heavy (non-hydrogen) atoms. The monoisotopic (exact) mass is 588 g/mol. The number of hydrogen-bond acceptors (Lipinski definition) is 6. The van der Waals surface area contributed by atoms with Crippen LogP contribution in [0.5, 0.6) is 5.75 Å². The van der Waals surface area contributed by atoms with Gasteiger partial charge in [-0.1, -0.05) is 24.3 Å². The lowest BCUT2D eigenvalue weighted by Gasteiger charge is -2.23. The Morgan fingerprint density at radius 2 is 1.79 bits per heavy atom. The van der Waals surface area contributed by atoms with Gasteiger partial charge in [0.05, 0.1) is 20.8 Å². The van der Waals surface area contributed by atoms with Crippen molar-refractivity contribution in [1.29, 1.82) is 0 Å². The van der Waals surface area contributed by atoms with Crippen LogP contribution in [0.15, 0.2) is 60.7 Å². The Hall–Kier alpha value is -4.31. The Bertz CT molecular complexity index is 1570. The van der Waals surface area contributed by atoms with Crippen LogP contribution in [0.2, 0.25) is 0 Å². The molecule has 0 radical (unpaired) electrons. The third kappa shape index (κ3) is 7.30. The molecule has 8 nitrogen and oxygen atoms in total. The fourth-order valence-electron chi connectivity index (χ4n) is 5.03. The van der Waals surface area contributed by atoms with Gasteiger partial charge in [-0.25, -0.2) is 9.37 Å². The zero-order valence-electron chi connectivity index (χ0n) is 23.2. The number of carbonyl (C=O) groups is 3. The van der Waals surface area contributed by atoms with Crippen LogP contribution < -0.4 is 10.6 Å². The highest BCUT2D eigenvalue weighted by molar-refractivity contribution is 7.18. The van der Waals surface area contributed by atoms with Gasteiger partial charge in [-0.05, 0) is 66.8 Å². The SMILES string of the molecule is O=C1CCCN(C(=O)CCc2nc3ccccc3s2)CCCNC(=O)c2cc(ccc2F)-c2cc(ccc2O)CCN1. The Labute approximate surface area is 247 Å². The van der Waals surface area contributed by atoms with Crippen LogP contribution in [-0.4, -0.2) is 58.9 Å². The summed E-state index contributed by atoms with van der Waals surface area (Å²) in [6, 6.07) is 17.1. The van der Waals surface area contributed by atoms with E-state index in [9.17, 15) is 23.9 Å². The van der Waals surface area contributed by atoms with E-state index in [1.165, 1.54) is 18.2 Å². The zero-order chi connectivity index (χ0) is 29.5. The largest absolute Gasteiger partial charge is 0.507 e. The lowest BCUT2D eigenvalue weighted by molar-refractivity contribution is -0.131. The molecule has 0 fully saturated rings. The summed E-state index contributed by atoms with van der Waals surface area (Å²) in [4.78, 5) is 45.0. The van der Waals surface area contributed by atoms with Crippen molar-refractivity contribution in [3.05, 3.63) is 82.6 Å². The minimum atomic E-state index is -0.660. The first-order chi connectivity index (χ1) is 20.4. The van der Waals surface area contributed by atoms with Gasteiger partial charge in [-0.15, -0.1) is 11.3 Å². The van der Waals surface area contributed by atoms with E-state index in [0.29, 0.717) is 62.9 Å². The van der Waals surface area contributed by atoms with Gasteiger partial charge >= 0.3 is 0 Å². The van der Waals surface area contributed by atoms with E-state index in [0.717, 1.165) is 20.8 Å². The number of hydrogen-bond donors (Lipinski definition) is 3. The second kappa shape index (κ2) is 13.6. The molecule has 0 saturated carbocycles. The molecule has 0 spiro atoms. The summed E-state index contributed by atoms with van der Waals surface area (Å²) in [5.41, 5.74) is 2.66. The highest BCUT2D eigenvalue weighted by atomic mass is 32.1. The number of nitrogens with zero attached hydrogens (tertiary/aromatic N) is 2. The average molecular weight is 589 g/mol. The van der Waals surface area contributed by atoms with Gasteiger partial charge in [0.1, 0.15) is 11.6 Å². The van der Waals surface area contributed by atoms with Gasteiger partial charge in [0.2, 0.25) is 11.8 Å². The minimum absolute atomic E-state index is 0.0135. The van der Waals surface area contributed by atoms with Crippen LogP contribution in [0.4, 0.5) is 4.39 Å². The number of carbonyl (C=O) groups excluding carboxylic acids is 3. The van der Waals surface area contributed by atoms with E-state index in [1.54, 1.807) is 34.4 Å².